The molecular weight excluding hydrogens is 191 g/mol. The van der Waals surface area contributed by atoms with Crippen LogP contribution in [0.15, 0.2) is 42.7 Å². The molecule has 0 bridgehead atoms. The van der Waals surface area contributed by atoms with Crippen molar-refractivity contribution in [2.45, 2.75) is 6.54 Å². The van der Waals surface area contributed by atoms with Crippen molar-refractivity contribution >= 4 is 0 Å². The first kappa shape index (κ1) is 9.80. The average molecular weight is 202 g/mol. The Morgan fingerprint density at radius 2 is 1.80 bits per heavy atom. The summed E-state index contributed by atoms with van der Waals surface area (Å²) in [7, 11) is 0. The molecule has 3 heteroatoms. The molecule has 0 radical (unpaired) electrons. The molecule has 2 aromatic rings. The molecule has 76 valence electrons. The zero-order chi connectivity index (χ0) is 10.7. The van der Waals surface area contributed by atoms with Crippen LogP contribution < -0.4 is 5.73 Å². The van der Waals surface area contributed by atoms with Crippen LogP contribution in [0.4, 0.5) is 4.39 Å². The zero-order valence-corrected chi connectivity index (χ0v) is 8.15. The van der Waals surface area contributed by atoms with E-state index in [0.29, 0.717) is 5.56 Å². The van der Waals surface area contributed by atoms with E-state index in [-0.39, 0.29) is 12.4 Å². The van der Waals surface area contributed by atoms with Crippen molar-refractivity contribution in [2.75, 3.05) is 0 Å². The number of aromatic nitrogens is 1. The maximum absolute atomic E-state index is 13.2. The first-order chi connectivity index (χ1) is 7.31. The lowest BCUT2D eigenvalue weighted by Crippen LogP contribution is -1.99. The second-order valence-electron chi connectivity index (χ2n) is 3.25. The molecule has 2 nitrogen and oxygen atoms in total. The topological polar surface area (TPSA) is 38.9 Å². The van der Waals surface area contributed by atoms with Crippen LogP contribution in [0.3, 0.4) is 0 Å². The monoisotopic (exact) mass is 202 g/mol. The Hall–Kier alpha value is -1.74. The standard InChI is InChI=1S/C12H11FN2/c13-12-2-1-10(7-11(12)8-14)9-3-5-15-6-4-9/h1-7H,8,14H2. The molecule has 1 aromatic heterocycles. The Bertz CT molecular complexity index is 454. The molecule has 0 aliphatic carbocycles. The number of rotatable bonds is 2. The average Bonchev–Trinajstić information content (AvgIpc) is 2.31. The third kappa shape index (κ3) is 2.02. The Morgan fingerprint density at radius 3 is 2.47 bits per heavy atom. The van der Waals surface area contributed by atoms with Gasteiger partial charge in [0.1, 0.15) is 5.82 Å². The van der Waals surface area contributed by atoms with Crippen LogP contribution >= 0.6 is 0 Å². The zero-order valence-electron chi connectivity index (χ0n) is 8.15. The van der Waals surface area contributed by atoms with Crippen molar-refractivity contribution in [3.8, 4) is 11.1 Å². The van der Waals surface area contributed by atoms with Gasteiger partial charge in [0.15, 0.2) is 0 Å². The lowest BCUT2D eigenvalue weighted by atomic mass is 10.0. The molecular formula is C12H11FN2. The third-order valence-corrected chi connectivity index (χ3v) is 2.28. The fourth-order valence-corrected chi connectivity index (χ4v) is 1.46. The van der Waals surface area contributed by atoms with Crippen LogP contribution in [-0.4, -0.2) is 4.98 Å². The Kier molecular flexibility index (Phi) is 2.74. The highest BCUT2D eigenvalue weighted by atomic mass is 19.1. The van der Waals surface area contributed by atoms with Crippen molar-refractivity contribution in [3.05, 3.63) is 54.1 Å². The summed E-state index contributed by atoms with van der Waals surface area (Å²) in [4.78, 5) is 3.93. The molecule has 0 aliphatic heterocycles. The highest BCUT2D eigenvalue weighted by molar-refractivity contribution is 5.63. The molecule has 2 N–H and O–H groups in total. The molecule has 0 aliphatic rings. The number of benzene rings is 1. The summed E-state index contributed by atoms with van der Waals surface area (Å²) in [6.45, 7) is 0.213. The van der Waals surface area contributed by atoms with Crippen molar-refractivity contribution in [2.24, 2.45) is 5.73 Å². The van der Waals surface area contributed by atoms with Gasteiger partial charge >= 0.3 is 0 Å². The molecule has 0 atom stereocenters. The largest absolute Gasteiger partial charge is 0.326 e. The number of pyridine rings is 1. The molecule has 1 aromatic carbocycles. The molecule has 0 unspecified atom stereocenters. The van der Waals surface area contributed by atoms with Gasteiger partial charge in [0, 0.05) is 24.5 Å². The molecule has 0 saturated carbocycles. The maximum atomic E-state index is 13.2. The first-order valence-corrected chi connectivity index (χ1v) is 4.70. The summed E-state index contributed by atoms with van der Waals surface area (Å²) < 4.78 is 13.2. The van der Waals surface area contributed by atoms with Gasteiger partial charge in [0.05, 0.1) is 0 Å². The number of hydrogen-bond donors (Lipinski definition) is 1. The van der Waals surface area contributed by atoms with Gasteiger partial charge in [0.2, 0.25) is 0 Å². The highest BCUT2D eigenvalue weighted by Crippen LogP contribution is 2.20. The second-order valence-corrected chi connectivity index (χ2v) is 3.25. The van der Waals surface area contributed by atoms with Crippen LogP contribution in [0.2, 0.25) is 0 Å². The van der Waals surface area contributed by atoms with Crippen molar-refractivity contribution in [3.63, 3.8) is 0 Å². The van der Waals surface area contributed by atoms with E-state index in [0.717, 1.165) is 11.1 Å². The Morgan fingerprint density at radius 1 is 1.07 bits per heavy atom. The van der Waals surface area contributed by atoms with Crippen LogP contribution in [0, 0.1) is 5.82 Å². The minimum Gasteiger partial charge on any atom is -0.326 e. The number of nitrogens with zero attached hydrogens (tertiary/aromatic N) is 1. The summed E-state index contributed by atoms with van der Waals surface area (Å²) in [6.07, 6.45) is 3.42. The SMILES string of the molecule is NCc1cc(-c2ccncc2)ccc1F. The minimum atomic E-state index is -0.254. The summed E-state index contributed by atoms with van der Waals surface area (Å²) in [6, 6.07) is 8.72. The van der Waals surface area contributed by atoms with Crippen LogP contribution in [0.25, 0.3) is 11.1 Å². The molecule has 2 rings (SSSR count). The van der Waals surface area contributed by atoms with Crippen molar-refractivity contribution in [1.29, 1.82) is 0 Å². The third-order valence-electron chi connectivity index (χ3n) is 2.28. The van der Waals surface area contributed by atoms with E-state index in [1.54, 1.807) is 24.5 Å². The normalized spacial score (nSPS) is 10.3. The van der Waals surface area contributed by atoms with E-state index in [9.17, 15) is 4.39 Å². The number of halogens is 1. The van der Waals surface area contributed by atoms with E-state index >= 15 is 0 Å². The highest BCUT2D eigenvalue weighted by Gasteiger charge is 2.03. The summed E-state index contributed by atoms with van der Waals surface area (Å²) >= 11 is 0. The van der Waals surface area contributed by atoms with Gasteiger partial charge in [-0.25, -0.2) is 4.39 Å². The Labute approximate surface area is 87.6 Å². The lowest BCUT2D eigenvalue weighted by Gasteiger charge is -2.04. The van der Waals surface area contributed by atoms with Crippen LogP contribution in [-0.2, 0) is 6.54 Å². The van der Waals surface area contributed by atoms with Gasteiger partial charge in [-0.2, -0.15) is 0 Å². The van der Waals surface area contributed by atoms with Crippen LogP contribution in [0.5, 0.6) is 0 Å². The molecule has 0 saturated heterocycles. The van der Waals surface area contributed by atoms with Crippen LogP contribution in [0.1, 0.15) is 5.56 Å². The molecule has 0 fully saturated rings. The maximum Gasteiger partial charge on any atom is 0.127 e. The molecule has 0 amide bonds. The minimum absolute atomic E-state index is 0.213. The second kappa shape index (κ2) is 4.19. The first-order valence-electron chi connectivity index (χ1n) is 4.70. The predicted molar refractivity (Wildman–Crippen MR) is 57.5 cm³/mol. The molecule has 15 heavy (non-hydrogen) atoms. The number of hydrogen-bond acceptors (Lipinski definition) is 2. The van der Waals surface area contributed by atoms with Gasteiger partial charge in [-0.3, -0.25) is 4.98 Å². The number of nitrogens with two attached hydrogens (primary N) is 1. The van der Waals surface area contributed by atoms with Gasteiger partial charge in [0.25, 0.3) is 0 Å². The van der Waals surface area contributed by atoms with E-state index in [4.69, 9.17) is 5.73 Å². The predicted octanol–water partition coefficient (Wildman–Crippen LogP) is 2.35. The van der Waals surface area contributed by atoms with Gasteiger partial charge < -0.3 is 5.73 Å². The quantitative estimate of drug-likeness (QED) is 0.811. The van der Waals surface area contributed by atoms with Crippen molar-refractivity contribution in [1.82, 2.24) is 4.98 Å². The van der Waals surface area contributed by atoms with E-state index < -0.39 is 0 Å². The Balaban J connectivity index is 2.46. The van der Waals surface area contributed by atoms with E-state index in [2.05, 4.69) is 4.98 Å². The molecule has 1 heterocycles. The fraction of sp³-hybridized carbons (Fsp3) is 0.0833. The summed E-state index contributed by atoms with van der Waals surface area (Å²) in [5.41, 5.74) is 7.95. The van der Waals surface area contributed by atoms with Gasteiger partial charge in [-0.05, 0) is 35.4 Å². The van der Waals surface area contributed by atoms with E-state index in [1.807, 2.05) is 12.1 Å². The fourth-order valence-electron chi connectivity index (χ4n) is 1.46. The van der Waals surface area contributed by atoms with Gasteiger partial charge in [-0.1, -0.05) is 6.07 Å². The lowest BCUT2D eigenvalue weighted by molar-refractivity contribution is 0.611. The van der Waals surface area contributed by atoms with Gasteiger partial charge in [-0.15, -0.1) is 0 Å². The van der Waals surface area contributed by atoms with Crippen molar-refractivity contribution < 1.29 is 4.39 Å². The van der Waals surface area contributed by atoms with E-state index in [1.165, 1.54) is 6.07 Å². The summed E-state index contributed by atoms with van der Waals surface area (Å²) in [5, 5.41) is 0. The smallest absolute Gasteiger partial charge is 0.127 e. The summed E-state index contributed by atoms with van der Waals surface area (Å²) in [5.74, 6) is -0.254. The molecule has 0 spiro atoms.